The summed E-state index contributed by atoms with van der Waals surface area (Å²) in [6.07, 6.45) is 1.63. The van der Waals surface area contributed by atoms with E-state index in [4.69, 9.17) is 4.42 Å². The third kappa shape index (κ3) is 5.20. The lowest BCUT2D eigenvalue weighted by atomic mass is 10.1. The van der Waals surface area contributed by atoms with Crippen molar-refractivity contribution in [2.24, 2.45) is 0 Å². The average Bonchev–Trinajstić information content (AvgIpc) is 3.41. The summed E-state index contributed by atoms with van der Waals surface area (Å²) in [7, 11) is 0. The van der Waals surface area contributed by atoms with Crippen LogP contribution in [0.25, 0.3) is 0 Å². The van der Waals surface area contributed by atoms with Gasteiger partial charge in [0.2, 0.25) is 0 Å². The van der Waals surface area contributed by atoms with E-state index in [-0.39, 0.29) is 11.5 Å². The number of halogens is 1. The molecule has 0 aliphatic heterocycles. The van der Waals surface area contributed by atoms with Crippen molar-refractivity contribution in [3.05, 3.63) is 113 Å². The molecular weight excluding hydrogens is 421 g/mol. The summed E-state index contributed by atoms with van der Waals surface area (Å²) in [5, 5.41) is 5.69. The lowest BCUT2D eigenvalue weighted by molar-refractivity contribution is 0.0949. The number of rotatable bonds is 7. The molecule has 2 heterocycles. The Balaban J connectivity index is 1.40. The van der Waals surface area contributed by atoms with E-state index in [1.807, 2.05) is 42.7 Å². The fraction of sp³-hybridized carbons (Fsp3) is 0.154. The molecule has 2 aromatic carbocycles. The SMILES string of the molecule is Cc1cc(C(=O)NCc2cccc(NC(=O)c3cccc(F)c3)c2)c(C)n1Cc1ccco1. The Kier molecular flexibility index (Phi) is 6.40. The first kappa shape index (κ1) is 22.1. The monoisotopic (exact) mass is 445 g/mol. The van der Waals surface area contributed by atoms with Crippen molar-refractivity contribution in [1.29, 1.82) is 0 Å². The van der Waals surface area contributed by atoms with Gasteiger partial charge in [0.25, 0.3) is 11.8 Å². The second-order valence-corrected chi connectivity index (χ2v) is 7.80. The molecule has 0 atom stereocenters. The Morgan fingerprint density at radius 2 is 1.79 bits per heavy atom. The largest absolute Gasteiger partial charge is 0.467 e. The van der Waals surface area contributed by atoms with Gasteiger partial charge in [0.05, 0.1) is 18.4 Å². The maximum absolute atomic E-state index is 13.4. The molecule has 7 heteroatoms. The average molecular weight is 445 g/mol. The molecule has 0 saturated heterocycles. The van der Waals surface area contributed by atoms with E-state index in [9.17, 15) is 14.0 Å². The van der Waals surface area contributed by atoms with Gasteiger partial charge < -0.3 is 19.6 Å². The van der Waals surface area contributed by atoms with Crippen molar-refractivity contribution in [3.63, 3.8) is 0 Å². The molecule has 0 unspecified atom stereocenters. The number of hydrogen-bond acceptors (Lipinski definition) is 3. The van der Waals surface area contributed by atoms with Crippen molar-refractivity contribution in [1.82, 2.24) is 9.88 Å². The van der Waals surface area contributed by atoms with Crippen LogP contribution in [-0.2, 0) is 13.1 Å². The Hall–Kier alpha value is -4.13. The molecular formula is C26H24FN3O3. The maximum Gasteiger partial charge on any atom is 0.255 e. The summed E-state index contributed by atoms with van der Waals surface area (Å²) >= 11 is 0. The highest BCUT2D eigenvalue weighted by Gasteiger charge is 2.16. The van der Waals surface area contributed by atoms with Gasteiger partial charge in [-0.1, -0.05) is 18.2 Å². The molecule has 2 N–H and O–H groups in total. The number of amides is 2. The number of anilines is 1. The molecule has 0 bridgehead atoms. The van der Waals surface area contributed by atoms with Crippen molar-refractivity contribution in [2.45, 2.75) is 26.9 Å². The zero-order valence-electron chi connectivity index (χ0n) is 18.4. The van der Waals surface area contributed by atoms with E-state index in [1.54, 1.807) is 30.5 Å². The van der Waals surface area contributed by atoms with Crippen LogP contribution in [0.4, 0.5) is 10.1 Å². The second-order valence-electron chi connectivity index (χ2n) is 7.80. The Morgan fingerprint density at radius 3 is 2.55 bits per heavy atom. The lowest BCUT2D eigenvalue weighted by Gasteiger charge is -2.10. The molecule has 0 aliphatic rings. The van der Waals surface area contributed by atoms with E-state index in [2.05, 4.69) is 10.6 Å². The summed E-state index contributed by atoms with van der Waals surface area (Å²) < 4.78 is 20.8. The molecule has 0 spiro atoms. The number of benzene rings is 2. The molecule has 2 amide bonds. The number of carbonyl (C=O) groups is 2. The zero-order chi connectivity index (χ0) is 23.4. The van der Waals surface area contributed by atoms with Gasteiger partial charge in [-0.15, -0.1) is 0 Å². The Labute approximate surface area is 191 Å². The third-order valence-corrected chi connectivity index (χ3v) is 5.44. The lowest BCUT2D eigenvalue weighted by Crippen LogP contribution is -2.23. The summed E-state index contributed by atoms with van der Waals surface area (Å²) in [6, 6.07) is 18.3. The maximum atomic E-state index is 13.4. The first-order valence-electron chi connectivity index (χ1n) is 10.5. The zero-order valence-corrected chi connectivity index (χ0v) is 18.4. The van der Waals surface area contributed by atoms with Crippen LogP contribution in [0.1, 0.15) is 43.4 Å². The quantitative estimate of drug-likeness (QED) is 0.417. The number of hydrogen-bond donors (Lipinski definition) is 2. The molecule has 0 aliphatic carbocycles. The third-order valence-electron chi connectivity index (χ3n) is 5.44. The van der Waals surface area contributed by atoms with Gasteiger partial charge in [-0.3, -0.25) is 9.59 Å². The molecule has 2 aromatic heterocycles. The number of aromatic nitrogens is 1. The second kappa shape index (κ2) is 9.56. The minimum atomic E-state index is -0.470. The van der Waals surface area contributed by atoms with E-state index in [0.29, 0.717) is 24.3 Å². The Morgan fingerprint density at radius 1 is 0.970 bits per heavy atom. The standard InChI is InChI=1S/C26H24FN3O3/c1-17-12-24(18(2)30(17)16-23-10-5-11-33-23)26(32)28-15-19-6-3-9-22(13-19)29-25(31)20-7-4-8-21(27)14-20/h3-14H,15-16H2,1-2H3,(H,28,32)(H,29,31). The molecule has 4 aromatic rings. The fourth-order valence-corrected chi connectivity index (χ4v) is 3.70. The smallest absolute Gasteiger partial charge is 0.255 e. The summed E-state index contributed by atoms with van der Waals surface area (Å²) in [5.74, 6) is -0.230. The van der Waals surface area contributed by atoms with E-state index < -0.39 is 11.7 Å². The molecule has 4 rings (SSSR count). The highest BCUT2D eigenvalue weighted by atomic mass is 19.1. The van der Waals surface area contributed by atoms with Gasteiger partial charge in [0.1, 0.15) is 11.6 Å². The van der Waals surface area contributed by atoms with Crippen LogP contribution in [0.2, 0.25) is 0 Å². The number of aryl methyl sites for hydroxylation is 1. The molecule has 0 fully saturated rings. The van der Waals surface area contributed by atoms with Crippen LogP contribution >= 0.6 is 0 Å². The van der Waals surface area contributed by atoms with Gasteiger partial charge in [-0.05, 0) is 67.9 Å². The van der Waals surface area contributed by atoms with Crippen LogP contribution < -0.4 is 10.6 Å². The number of carbonyl (C=O) groups excluding carboxylic acids is 2. The number of nitrogens with one attached hydrogen (secondary N) is 2. The Bertz CT molecular complexity index is 1290. The van der Waals surface area contributed by atoms with Crippen LogP contribution in [0.5, 0.6) is 0 Å². The summed E-state index contributed by atoms with van der Waals surface area (Å²) in [4.78, 5) is 25.2. The summed E-state index contributed by atoms with van der Waals surface area (Å²) in [6.45, 7) is 4.72. The first-order chi connectivity index (χ1) is 15.9. The topological polar surface area (TPSA) is 76.3 Å². The van der Waals surface area contributed by atoms with Crippen LogP contribution in [0.15, 0.2) is 77.4 Å². The van der Waals surface area contributed by atoms with Crippen molar-refractivity contribution >= 4 is 17.5 Å². The van der Waals surface area contributed by atoms with Gasteiger partial charge in [-0.25, -0.2) is 4.39 Å². The molecule has 0 radical (unpaired) electrons. The fourth-order valence-electron chi connectivity index (χ4n) is 3.70. The molecule has 6 nitrogen and oxygen atoms in total. The van der Waals surface area contributed by atoms with Crippen LogP contribution in [-0.4, -0.2) is 16.4 Å². The number of furan rings is 1. The van der Waals surface area contributed by atoms with Gasteiger partial charge in [0.15, 0.2) is 0 Å². The molecule has 33 heavy (non-hydrogen) atoms. The first-order valence-corrected chi connectivity index (χ1v) is 10.5. The predicted molar refractivity (Wildman–Crippen MR) is 124 cm³/mol. The predicted octanol–water partition coefficient (Wildman–Crippen LogP) is 5.07. The summed E-state index contributed by atoms with van der Waals surface area (Å²) in [5.41, 5.74) is 4.05. The highest BCUT2D eigenvalue weighted by molar-refractivity contribution is 6.04. The van der Waals surface area contributed by atoms with Crippen molar-refractivity contribution < 1.29 is 18.4 Å². The van der Waals surface area contributed by atoms with Gasteiger partial charge in [-0.2, -0.15) is 0 Å². The van der Waals surface area contributed by atoms with E-state index >= 15 is 0 Å². The normalized spacial score (nSPS) is 10.8. The number of nitrogens with zero attached hydrogens (tertiary/aromatic N) is 1. The molecule has 168 valence electrons. The van der Waals surface area contributed by atoms with E-state index in [0.717, 1.165) is 22.7 Å². The van der Waals surface area contributed by atoms with Gasteiger partial charge >= 0.3 is 0 Å². The van der Waals surface area contributed by atoms with Crippen LogP contribution in [0, 0.1) is 19.7 Å². The van der Waals surface area contributed by atoms with Gasteiger partial charge in [0, 0.05) is 29.2 Å². The van der Waals surface area contributed by atoms with E-state index in [1.165, 1.54) is 18.2 Å². The van der Waals surface area contributed by atoms with Crippen molar-refractivity contribution in [3.8, 4) is 0 Å². The highest BCUT2D eigenvalue weighted by Crippen LogP contribution is 2.18. The minimum absolute atomic E-state index is 0.178. The van der Waals surface area contributed by atoms with Crippen molar-refractivity contribution in [2.75, 3.05) is 5.32 Å². The van der Waals surface area contributed by atoms with Crippen LogP contribution in [0.3, 0.4) is 0 Å². The molecule has 0 saturated carbocycles. The minimum Gasteiger partial charge on any atom is -0.467 e.